The molecule has 1 N–H and O–H groups in total. The molecule has 2 saturated carbocycles. The van der Waals surface area contributed by atoms with Crippen molar-refractivity contribution in [2.75, 3.05) is 0 Å². The van der Waals surface area contributed by atoms with Gasteiger partial charge < -0.3 is 0 Å². The van der Waals surface area contributed by atoms with Gasteiger partial charge in [-0.1, -0.05) is 12.2 Å². The summed E-state index contributed by atoms with van der Waals surface area (Å²) in [4.78, 5) is 0. The van der Waals surface area contributed by atoms with Crippen LogP contribution in [0.2, 0.25) is 0 Å². The van der Waals surface area contributed by atoms with Crippen LogP contribution < -0.4 is 4.72 Å². The zero-order chi connectivity index (χ0) is 10.2. The van der Waals surface area contributed by atoms with E-state index in [-0.39, 0.29) is 11.3 Å². The molecule has 0 saturated heterocycles. The first kappa shape index (κ1) is 10.2. The van der Waals surface area contributed by atoms with E-state index in [4.69, 9.17) is 0 Å². The average molecular weight is 215 g/mol. The Labute approximate surface area is 85.6 Å². The maximum absolute atomic E-state index is 11.6. The van der Waals surface area contributed by atoms with Crippen LogP contribution in [-0.4, -0.2) is 19.7 Å². The minimum absolute atomic E-state index is 0.0902. The van der Waals surface area contributed by atoms with E-state index in [1.165, 1.54) is 5.57 Å². The van der Waals surface area contributed by atoms with Crippen molar-refractivity contribution in [1.29, 1.82) is 0 Å². The van der Waals surface area contributed by atoms with Crippen LogP contribution in [0.5, 0.6) is 0 Å². The van der Waals surface area contributed by atoms with Crippen molar-refractivity contribution in [2.45, 2.75) is 49.8 Å². The molecule has 0 aromatic heterocycles. The number of rotatable bonds is 3. The van der Waals surface area contributed by atoms with E-state index < -0.39 is 10.0 Å². The molecule has 80 valence electrons. The Morgan fingerprint density at radius 3 is 2.21 bits per heavy atom. The average Bonchev–Trinajstić information content (AvgIpc) is 2.91. The molecule has 2 aliphatic carbocycles. The van der Waals surface area contributed by atoms with Crippen molar-refractivity contribution in [3.63, 3.8) is 0 Å². The van der Waals surface area contributed by atoms with Gasteiger partial charge in [0.1, 0.15) is 0 Å². The summed E-state index contributed by atoms with van der Waals surface area (Å²) in [5.41, 5.74) is 1.26. The summed E-state index contributed by atoms with van der Waals surface area (Å²) in [6, 6.07) is 0.158. The maximum atomic E-state index is 11.6. The topological polar surface area (TPSA) is 46.2 Å². The molecule has 0 atom stereocenters. The van der Waals surface area contributed by atoms with Gasteiger partial charge in [-0.15, -0.1) is 0 Å². The normalized spacial score (nSPS) is 25.3. The van der Waals surface area contributed by atoms with E-state index in [1.54, 1.807) is 0 Å². The molecular formula is C10H17NO2S. The van der Waals surface area contributed by atoms with Crippen molar-refractivity contribution in [3.8, 4) is 0 Å². The quantitative estimate of drug-likeness (QED) is 0.726. The van der Waals surface area contributed by atoms with E-state index in [1.807, 2.05) is 0 Å². The predicted molar refractivity (Wildman–Crippen MR) is 56.5 cm³/mol. The van der Waals surface area contributed by atoms with Crippen LogP contribution in [0, 0.1) is 0 Å². The molecule has 14 heavy (non-hydrogen) atoms. The van der Waals surface area contributed by atoms with Crippen LogP contribution in [-0.2, 0) is 10.0 Å². The molecule has 2 fully saturated rings. The molecule has 0 radical (unpaired) electrons. The Kier molecular flexibility index (Phi) is 2.66. The zero-order valence-electron chi connectivity index (χ0n) is 8.33. The highest BCUT2D eigenvalue weighted by Crippen LogP contribution is 2.29. The molecule has 0 amide bonds. The lowest BCUT2D eigenvalue weighted by molar-refractivity contribution is 0.466. The predicted octanol–water partition coefficient (Wildman–Crippen LogP) is 1.57. The van der Waals surface area contributed by atoms with Gasteiger partial charge >= 0.3 is 0 Å². The molecule has 0 unspecified atom stereocenters. The fraction of sp³-hybridized carbons (Fsp3) is 0.800. The molecule has 3 nitrogen and oxygen atoms in total. The summed E-state index contributed by atoms with van der Waals surface area (Å²) in [5.74, 6) is 0. The van der Waals surface area contributed by atoms with Crippen LogP contribution in [0.15, 0.2) is 12.2 Å². The smallest absolute Gasteiger partial charge is 0.212 e. The van der Waals surface area contributed by atoms with Crippen LogP contribution >= 0.6 is 0 Å². The van der Waals surface area contributed by atoms with Crippen LogP contribution in [0.4, 0.5) is 0 Å². The second-order valence-corrected chi connectivity index (χ2v) is 6.38. The summed E-state index contributed by atoms with van der Waals surface area (Å²) in [6.07, 6.45) is 5.47. The summed E-state index contributed by atoms with van der Waals surface area (Å²) in [5, 5.41) is -0.0902. The van der Waals surface area contributed by atoms with Crippen LogP contribution in [0.25, 0.3) is 0 Å². The molecule has 0 aromatic carbocycles. The highest BCUT2D eigenvalue weighted by atomic mass is 32.2. The van der Waals surface area contributed by atoms with Gasteiger partial charge in [-0.05, 0) is 38.5 Å². The molecule has 0 bridgehead atoms. The minimum Gasteiger partial charge on any atom is -0.212 e. The third-order valence-electron chi connectivity index (χ3n) is 2.99. The standard InChI is InChI=1S/C10H17NO2S/c1-8-2-4-9(5-3-8)11-14(12,13)10-6-7-10/h9-11H,1-7H2. The monoisotopic (exact) mass is 215 g/mol. The molecular weight excluding hydrogens is 198 g/mol. The van der Waals surface area contributed by atoms with Crippen molar-refractivity contribution in [1.82, 2.24) is 4.72 Å². The van der Waals surface area contributed by atoms with Crippen molar-refractivity contribution in [2.24, 2.45) is 0 Å². The Balaban J connectivity index is 1.88. The number of allylic oxidation sites excluding steroid dienone is 1. The van der Waals surface area contributed by atoms with Gasteiger partial charge in [-0.2, -0.15) is 0 Å². The molecule has 2 aliphatic rings. The van der Waals surface area contributed by atoms with Gasteiger partial charge in [0, 0.05) is 6.04 Å². The fourth-order valence-corrected chi connectivity index (χ4v) is 3.50. The highest BCUT2D eigenvalue weighted by molar-refractivity contribution is 7.90. The van der Waals surface area contributed by atoms with Crippen molar-refractivity contribution in [3.05, 3.63) is 12.2 Å². The lowest BCUT2D eigenvalue weighted by Gasteiger charge is -2.24. The van der Waals surface area contributed by atoms with Gasteiger partial charge in [0.25, 0.3) is 0 Å². The van der Waals surface area contributed by atoms with E-state index in [9.17, 15) is 8.42 Å². The van der Waals surface area contributed by atoms with E-state index in [2.05, 4.69) is 11.3 Å². The van der Waals surface area contributed by atoms with Gasteiger partial charge in [0.2, 0.25) is 10.0 Å². The SMILES string of the molecule is C=C1CCC(NS(=O)(=O)C2CC2)CC1. The van der Waals surface area contributed by atoms with Crippen molar-refractivity contribution >= 4 is 10.0 Å². The van der Waals surface area contributed by atoms with Gasteiger partial charge in [-0.25, -0.2) is 13.1 Å². The van der Waals surface area contributed by atoms with Crippen LogP contribution in [0.3, 0.4) is 0 Å². The van der Waals surface area contributed by atoms with Gasteiger partial charge in [-0.3, -0.25) is 0 Å². The molecule has 0 aromatic rings. The third kappa shape index (κ3) is 2.36. The summed E-state index contributed by atoms with van der Waals surface area (Å²) >= 11 is 0. The molecule has 2 rings (SSSR count). The molecule has 4 heteroatoms. The molecule has 0 spiro atoms. The Hall–Kier alpha value is -0.350. The number of hydrogen-bond donors (Lipinski definition) is 1. The molecule has 0 aliphatic heterocycles. The Morgan fingerprint density at radius 1 is 1.14 bits per heavy atom. The van der Waals surface area contributed by atoms with Crippen molar-refractivity contribution < 1.29 is 8.42 Å². The largest absolute Gasteiger partial charge is 0.214 e. The van der Waals surface area contributed by atoms with Gasteiger partial charge in [0.15, 0.2) is 0 Å². The number of sulfonamides is 1. The zero-order valence-corrected chi connectivity index (χ0v) is 9.15. The van der Waals surface area contributed by atoms with E-state index in [0.717, 1.165) is 38.5 Å². The summed E-state index contributed by atoms with van der Waals surface area (Å²) < 4.78 is 26.0. The first-order chi connectivity index (χ1) is 6.58. The lowest BCUT2D eigenvalue weighted by atomic mass is 9.93. The summed E-state index contributed by atoms with van der Waals surface area (Å²) in [6.45, 7) is 3.92. The first-order valence-electron chi connectivity index (χ1n) is 5.26. The second kappa shape index (κ2) is 3.66. The fourth-order valence-electron chi connectivity index (χ4n) is 1.85. The van der Waals surface area contributed by atoms with Gasteiger partial charge in [0.05, 0.1) is 5.25 Å². The Bertz CT molecular complexity index is 320. The molecule has 0 heterocycles. The number of hydrogen-bond acceptors (Lipinski definition) is 2. The number of nitrogens with one attached hydrogen (secondary N) is 1. The second-order valence-electron chi connectivity index (χ2n) is 4.39. The minimum atomic E-state index is -2.98. The third-order valence-corrected chi connectivity index (χ3v) is 5.00. The lowest BCUT2D eigenvalue weighted by Crippen LogP contribution is -2.38. The first-order valence-corrected chi connectivity index (χ1v) is 6.80. The maximum Gasteiger partial charge on any atom is 0.214 e. The summed E-state index contributed by atoms with van der Waals surface area (Å²) in [7, 11) is -2.98. The highest BCUT2D eigenvalue weighted by Gasteiger charge is 2.37. The van der Waals surface area contributed by atoms with Crippen LogP contribution in [0.1, 0.15) is 38.5 Å². The van der Waals surface area contributed by atoms with E-state index in [0.29, 0.717) is 0 Å². The Morgan fingerprint density at radius 2 is 1.71 bits per heavy atom. The van der Waals surface area contributed by atoms with E-state index >= 15 is 0 Å².